The van der Waals surface area contributed by atoms with Crippen LogP contribution in [0.5, 0.6) is 0 Å². The third kappa shape index (κ3) is 2.84. The van der Waals surface area contributed by atoms with Gasteiger partial charge in [0.15, 0.2) is 0 Å². The Bertz CT molecular complexity index is 378. The van der Waals surface area contributed by atoms with Crippen LogP contribution in [-0.4, -0.2) is 13.1 Å². The first-order valence-electron chi connectivity index (χ1n) is 6.04. The van der Waals surface area contributed by atoms with Crippen molar-refractivity contribution in [2.24, 2.45) is 5.92 Å². The van der Waals surface area contributed by atoms with E-state index in [0.717, 1.165) is 25.7 Å². The molecule has 92 valence electrons. The molecule has 1 fully saturated rings. The monoisotopic (exact) mass is 236 g/mol. The number of halogens is 1. The van der Waals surface area contributed by atoms with Gasteiger partial charge in [-0.25, -0.2) is 4.39 Å². The summed E-state index contributed by atoms with van der Waals surface area (Å²) in [4.78, 5) is 11.4. The van der Waals surface area contributed by atoms with Crippen LogP contribution in [0.1, 0.15) is 37.2 Å². The number of methoxy groups -OCH3 is 1. The molecule has 1 aromatic carbocycles. The zero-order valence-electron chi connectivity index (χ0n) is 9.99. The minimum Gasteiger partial charge on any atom is -0.469 e. The minimum absolute atomic E-state index is 0.0525. The SMILES string of the molecule is COC(=O)C1CCC(c2ccc(F)cc2)CC1. The van der Waals surface area contributed by atoms with Crippen LogP contribution >= 0.6 is 0 Å². The molecular formula is C14H17FO2. The van der Waals surface area contributed by atoms with Gasteiger partial charge in [-0.1, -0.05) is 12.1 Å². The Labute approximate surface area is 101 Å². The Morgan fingerprint density at radius 2 is 1.76 bits per heavy atom. The second kappa shape index (κ2) is 5.30. The molecule has 1 aromatic rings. The first kappa shape index (κ1) is 12.1. The highest BCUT2D eigenvalue weighted by Gasteiger charge is 2.27. The molecule has 0 aliphatic heterocycles. The normalized spacial score (nSPS) is 24.4. The highest BCUT2D eigenvalue weighted by Crippen LogP contribution is 2.36. The maximum Gasteiger partial charge on any atom is 0.308 e. The topological polar surface area (TPSA) is 26.3 Å². The molecule has 1 aliphatic carbocycles. The number of esters is 1. The number of hydrogen-bond donors (Lipinski definition) is 0. The smallest absolute Gasteiger partial charge is 0.308 e. The third-order valence-corrected chi connectivity index (χ3v) is 3.60. The summed E-state index contributed by atoms with van der Waals surface area (Å²) < 4.78 is 17.6. The van der Waals surface area contributed by atoms with E-state index in [2.05, 4.69) is 0 Å². The zero-order valence-corrected chi connectivity index (χ0v) is 9.99. The van der Waals surface area contributed by atoms with Gasteiger partial charge in [0.05, 0.1) is 13.0 Å². The van der Waals surface area contributed by atoms with E-state index >= 15 is 0 Å². The summed E-state index contributed by atoms with van der Waals surface area (Å²) in [5.74, 6) is 0.216. The summed E-state index contributed by atoms with van der Waals surface area (Å²) >= 11 is 0. The molecule has 17 heavy (non-hydrogen) atoms. The second-order valence-electron chi connectivity index (χ2n) is 4.62. The van der Waals surface area contributed by atoms with E-state index in [4.69, 9.17) is 4.74 Å². The summed E-state index contributed by atoms with van der Waals surface area (Å²) in [6.45, 7) is 0. The molecule has 0 aromatic heterocycles. The first-order chi connectivity index (χ1) is 8.20. The lowest BCUT2D eigenvalue weighted by Crippen LogP contribution is -2.22. The number of hydrogen-bond acceptors (Lipinski definition) is 2. The summed E-state index contributed by atoms with van der Waals surface area (Å²) in [6.07, 6.45) is 3.69. The van der Waals surface area contributed by atoms with E-state index in [-0.39, 0.29) is 17.7 Å². The predicted octanol–water partition coefficient (Wildman–Crippen LogP) is 3.27. The highest BCUT2D eigenvalue weighted by molar-refractivity contribution is 5.72. The Kier molecular flexibility index (Phi) is 3.77. The molecule has 0 amide bonds. The molecule has 0 heterocycles. The van der Waals surface area contributed by atoms with E-state index in [0.29, 0.717) is 5.92 Å². The predicted molar refractivity (Wildman–Crippen MR) is 63.1 cm³/mol. The van der Waals surface area contributed by atoms with Crippen LogP contribution in [0.4, 0.5) is 4.39 Å². The van der Waals surface area contributed by atoms with Gasteiger partial charge in [-0.2, -0.15) is 0 Å². The lowest BCUT2D eigenvalue weighted by Gasteiger charge is -2.27. The van der Waals surface area contributed by atoms with Gasteiger partial charge in [-0.3, -0.25) is 4.79 Å². The van der Waals surface area contributed by atoms with Crippen molar-refractivity contribution in [2.45, 2.75) is 31.6 Å². The van der Waals surface area contributed by atoms with Gasteiger partial charge in [0.2, 0.25) is 0 Å². The van der Waals surface area contributed by atoms with Crippen molar-refractivity contribution in [3.63, 3.8) is 0 Å². The number of rotatable bonds is 2. The van der Waals surface area contributed by atoms with Gasteiger partial charge in [-0.05, 0) is 49.3 Å². The van der Waals surface area contributed by atoms with Crippen molar-refractivity contribution in [2.75, 3.05) is 7.11 Å². The van der Waals surface area contributed by atoms with Crippen molar-refractivity contribution in [1.29, 1.82) is 0 Å². The van der Waals surface area contributed by atoms with Crippen molar-refractivity contribution in [3.05, 3.63) is 35.6 Å². The summed E-state index contributed by atoms with van der Waals surface area (Å²) in [7, 11) is 1.44. The maximum absolute atomic E-state index is 12.8. The van der Waals surface area contributed by atoms with Gasteiger partial charge >= 0.3 is 5.97 Å². The summed E-state index contributed by atoms with van der Waals surface area (Å²) in [6, 6.07) is 6.69. The lowest BCUT2D eigenvalue weighted by atomic mass is 9.79. The standard InChI is InChI=1S/C14H17FO2/c1-17-14(16)12-4-2-10(3-5-12)11-6-8-13(15)9-7-11/h6-10,12H,2-5H2,1H3. The number of carbonyl (C=O) groups is 1. The van der Waals surface area contributed by atoms with Crippen molar-refractivity contribution < 1.29 is 13.9 Å². The first-order valence-corrected chi connectivity index (χ1v) is 6.04. The molecular weight excluding hydrogens is 219 g/mol. The van der Waals surface area contributed by atoms with Crippen molar-refractivity contribution in [1.82, 2.24) is 0 Å². The Morgan fingerprint density at radius 3 is 2.29 bits per heavy atom. The van der Waals surface area contributed by atoms with Gasteiger partial charge in [-0.15, -0.1) is 0 Å². The Hall–Kier alpha value is -1.38. The van der Waals surface area contributed by atoms with E-state index in [1.165, 1.54) is 24.8 Å². The van der Waals surface area contributed by atoms with Gasteiger partial charge < -0.3 is 4.74 Å². The molecule has 2 nitrogen and oxygen atoms in total. The molecule has 2 rings (SSSR count). The maximum atomic E-state index is 12.8. The number of benzene rings is 1. The average molecular weight is 236 g/mol. The summed E-state index contributed by atoms with van der Waals surface area (Å²) in [5, 5.41) is 0. The number of ether oxygens (including phenoxy) is 1. The molecule has 0 N–H and O–H groups in total. The van der Waals surface area contributed by atoms with E-state index in [9.17, 15) is 9.18 Å². The molecule has 0 bridgehead atoms. The van der Waals surface area contributed by atoms with E-state index < -0.39 is 0 Å². The van der Waals surface area contributed by atoms with Crippen molar-refractivity contribution in [3.8, 4) is 0 Å². The van der Waals surface area contributed by atoms with Crippen LogP contribution < -0.4 is 0 Å². The third-order valence-electron chi connectivity index (χ3n) is 3.60. The fraction of sp³-hybridized carbons (Fsp3) is 0.500. The molecule has 0 spiro atoms. The molecule has 0 saturated heterocycles. The second-order valence-corrected chi connectivity index (χ2v) is 4.62. The van der Waals surface area contributed by atoms with Crippen LogP contribution in [0.15, 0.2) is 24.3 Å². The summed E-state index contributed by atoms with van der Waals surface area (Å²) in [5.41, 5.74) is 1.18. The lowest BCUT2D eigenvalue weighted by molar-refractivity contribution is -0.146. The van der Waals surface area contributed by atoms with Crippen LogP contribution in [-0.2, 0) is 9.53 Å². The average Bonchev–Trinajstić information content (AvgIpc) is 2.39. The number of carbonyl (C=O) groups excluding carboxylic acids is 1. The van der Waals surface area contributed by atoms with Gasteiger partial charge in [0, 0.05) is 0 Å². The van der Waals surface area contributed by atoms with Crippen LogP contribution in [0.3, 0.4) is 0 Å². The fourth-order valence-corrected chi connectivity index (χ4v) is 2.56. The molecule has 0 radical (unpaired) electrons. The zero-order chi connectivity index (χ0) is 12.3. The molecule has 1 saturated carbocycles. The Morgan fingerprint density at radius 1 is 1.18 bits per heavy atom. The van der Waals surface area contributed by atoms with E-state index in [1.807, 2.05) is 12.1 Å². The van der Waals surface area contributed by atoms with Crippen molar-refractivity contribution >= 4 is 5.97 Å². The fourth-order valence-electron chi connectivity index (χ4n) is 2.56. The largest absolute Gasteiger partial charge is 0.469 e. The van der Waals surface area contributed by atoms with Gasteiger partial charge in [0.25, 0.3) is 0 Å². The molecule has 3 heteroatoms. The molecule has 1 aliphatic rings. The molecule has 0 atom stereocenters. The van der Waals surface area contributed by atoms with Crippen LogP contribution in [0.2, 0.25) is 0 Å². The van der Waals surface area contributed by atoms with Gasteiger partial charge in [0.1, 0.15) is 5.82 Å². The van der Waals surface area contributed by atoms with E-state index in [1.54, 1.807) is 0 Å². The molecule has 0 unspecified atom stereocenters. The highest BCUT2D eigenvalue weighted by atomic mass is 19.1. The Balaban J connectivity index is 1.95. The quantitative estimate of drug-likeness (QED) is 0.737. The minimum atomic E-state index is -0.197. The van der Waals surface area contributed by atoms with Crippen LogP contribution in [0.25, 0.3) is 0 Å². The van der Waals surface area contributed by atoms with Crippen LogP contribution in [0, 0.1) is 11.7 Å².